The number of nitrogen functional groups attached to an aromatic ring is 1. The van der Waals surface area contributed by atoms with Crippen molar-refractivity contribution in [3.63, 3.8) is 0 Å². The van der Waals surface area contributed by atoms with Gasteiger partial charge in [0.1, 0.15) is 11.6 Å². The highest BCUT2D eigenvalue weighted by Gasteiger charge is 2.32. The van der Waals surface area contributed by atoms with Crippen molar-refractivity contribution in [2.45, 2.75) is 58.0 Å². The van der Waals surface area contributed by atoms with Crippen LogP contribution in [0.5, 0.6) is 0 Å². The lowest BCUT2D eigenvalue weighted by molar-refractivity contribution is 0.558. The molecular weight excluding hydrogens is 290 g/mol. The van der Waals surface area contributed by atoms with Crippen LogP contribution < -0.4 is 10.6 Å². The van der Waals surface area contributed by atoms with Gasteiger partial charge >= 0.3 is 0 Å². The molecular formula is C16H23N7. The maximum absolute atomic E-state index is 5.84. The van der Waals surface area contributed by atoms with Crippen LogP contribution in [0, 0.1) is 6.92 Å². The van der Waals surface area contributed by atoms with Gasteiger partial charge in [-0.25, -0.2) is 4.98 Å². The number of nitrogens with two attached hydrogens (primary N) is 1. The number of rotatable bonds is 2. The first-order valence-corrected chi connectivity index (χ1v) is 8.52. The van der Waals surface area contributed by atoms with Crippen molar-refractivity contribution in [1.29, 1.82) is 0 Å². The van der Waals surface area contributed by atoms with E-state index >= 15 is 0 Å². The Morgan fingerprint density at radius 3 is 2.87 bits per heavy atom. The van der Waals surface area contributed by atoms with Gasteiger partial charge in [-0.05, 0) is 32.6 Å². The van der Waals surface area contributed by atoms with Crippen molar-refractivity contribution in [1.82, 2.24) is 24.7 Å². The quantitative estimate of drug-likeness (QED) is 0.913. The molecule has 0 bridgehead atoms. The van der Waals surface area contributed by atoms with E-state index in [-0.39, 0.29) is 6.04 Å². The lowest BCUT2D eigenvalue weighted by atomic mass is 10.2. The molecule has 1 atom stereocenters. The van der Waals surface area contributed by atoms with E-state index in [1.165, 1.54) is 19.3 Å². The minimum Gasteiger partial charge on any atom is -0.368 e. The summed E-state index contributed by atoms with van der Waals surface area (Å²) in [4.78, 5) is 10.9. The Morgan fingerprint density at radius 2 is 2.00 bits per heavy atom. The van der Waals surface area contributed by atoms with E-state index in [0.29, 0.717) is 5.95 Å². The van der Waals surface area contributed by atoms with E-state index in [1.807, 2.05) is 13.0 Å². The second-order valence-electron chi connectivity index (χ2n) is 6.51. The van der Waals surface area contributed by atoms with Crippen LogP contribution >= 0.6 is 0 Å². The van der Waals surface area contributed by atoms with Gasteiger partial charge in [-0.2, -0.15) is 4.98 Å². The standard InChI is InChI=1S/C16H23N7/c1-11-10-14(19-16(17)18-11)22-9-5-6-12(22)15-21-20-13-7-3-2-4-8-23(13)15/h10,12H,2-9H2,1H3,(H2,17,18,19)/t12-/m1/s1. The fourth-order valence-electron chi connectivity index (χ4n) is 3.78. The molecule has 4 rings (SSSR count). The van der Waals surface area contributed by atoms with Crippen LogP contribution in [0.4, 0.5) is 11.8 Å². The molecule has 4 heterocycles. The first-order chi connectivity index (χ1) is 11.2. The molecule has 0 aromatic carbocycles. The van der Waals surface area contributed by atoms with E-state index in [4.69, 9.17) is 5.73 Å². The molecule has 0 amide bonds. The summed E-state index contributed by atoms with van der Waals surface area (Å²) in [6.45, 7) is 3.96. The second kappa shape index (κ2) is 5.79. The summed E-state index contributed by atoms with van der Waals surface area (Å²) < 4.78 is 2.34. The zero-order chi connectivity index (χ0) is 15.8. The van der Waals surface area contributed by atoms with Gasteiger partial charge in [0.25, 0.3) is 0 Å². The Labute approximate surface area is 135 Å². The third-order valence-corrected chi connectivity index (χ3v) is 4.84. The molecule has 2 aromatic heterocycles. The van der Waals surface area contributed by atoms with Crippen molar-refractivity contribution in [2.75, 3.05) is 17.2 Å². The number of nitrogens with zero attached hydrogens (tertiary/aromatic N) is 6. The summed E-state index contributed by atoms with van der Waals surface area (Å²) in [6.07, 6.45) is 6.97. The van der Waals surface area contributed by atoms with Crippen LogP contribution in [-0.4, -0.2) is 31.3 Å². The highest BCUT2D eigenvalue weighted by Crippen LogP contribution is 2.35. The van der Waals surface area contributed by atoms with Crippen LogP contribution in [-0.2, 0) is 13.0 Å². The number of hydrogen-bond donors (Lipinski definition) is 1. The van der Waals surface area contributed by atoms with E-state index < -0.39 is 0 Å². The number of aromatic nitrogens is 5. The molecule has 2 aliphatic heterocycles. The zero-order valence-corrected chi connectivity index (χ0v) is 13.6. The third-order valence-electron chi connectivity index (χ3n) is 4.84. The third kappa shape index (κ3) is 2.64. The molecule has 7 heteroatoms. The molecule has 7 nitrogen and oxygen atoms in total. The Kier molecular flexibility index (Phi) is 3.63. The number of hydrogen-bond acceptors (Lipinski definition) is 6. The van der Waals surface area contributed by atoms with Crippen LogP contribution in [0.3, 0.4) is 0 Å². The van der Waals surface area contributed by atoms with Gasteiger partial charge in [-0.3, -0.25) is 0 Å². The SMILES string of the molecule is Cc1cc(N2CCC[C@@H]2c2nnc3n2CCCCC3)nc(N)n1. The predicted molar refractivity (Wildman–Crippen MR) is 88.1 cm³/mol. The maximum Gasteiger partial charge on any atom is 0.222 e. The van der Waals surface area contributed by atoms with Gasteiger partial charge in [0.2, 0.25) is 5.95 Å². The Bertz CT molecular complexity index is 688. The average Bonchev–Trinajstić information content (AvgIpc) is 3.07. The largest absolute Gasteiger partial charge is 0.368 e. The minimum atomic E-state index is 0.239. The Morgan fingerprint density at radius 1 is 1.09 bits per heavy atom. The molecule has 0 unspecified atom stereocenters. The topological polar surface area (TPSA) is 85.8 Å². The molecule has 1 saturated heterocycles. The van der Waals surface area contributed by atoms with Gasteiger partial charge in [0.05, 0.1) is 6.04 Å². The summed E-state index contributed by atoms with van der Waals surface area (Å²) >= 11 is 0. The molecule has 2 aliphatic rings. The Hall–Kier alpha value is -2.18. The molecule has 1 fully saturated rings. The van der Waals surface area contributed by atoms with Crippen molar-refractivity contribution in [3.05, 3.63) is 23.4 Å². The van der Waals surface area contributed by atoms with Gasteiger partial charge in [-0.1, -0.05) is 6.42 Å². The zero-order valence-electron chi connectivity index (χ0n) is 13.6. The highest BCUT2D eigenvalue weighted by molar-refractivity contribution is 5.46. The first kappa shape index (κ1) is 14.4. The van der Waals surface area contributed by atoms with Crippen molar-refractivity contribution in [2.24, 2.45) is 0 Å². The van der Waals surface area contributed by atoms with Crippen LogP contribution in [0.1, 0.15) is 55.5 Å². The fourth-order valence-corrected chi connectivity index (χ4v) is 3.78. The van der Waals surface area contributed by atoms with Crippen molar-refractivity contribution in [3.8, 4) is 0 Å². The van der Waals surface area contributed by atoms with E-state index in [2.05, 4.69) is 29.6 Å². The second-order valence-corrected chi connectivity index (χ2v) is 6.51. The van der Waals surface area contributed by atoms with E-state index in [1.54, 1.807) is 0 Å². The van der Waals surface area contributed by atoms with E-state index in [0.717, 1.165) is 55.5 Å². The molecule has 0 aliphatic carbocycles. The van der Waals surface area contributed by atoms with Crippen molar-refractivity contribution >= 4 is 11.8 Å². The van der Waals surface area contributed by atoms with Crippen LogP contribution in [0.15, 0.2) is 6.07 Å². The van der Waals surface area contributed by atoms with Crippen LogP contribution in [0.25, 0.3) is 0 Å². The number of anilines is 2. The average molecular weight is 313 g/mol. The van der Waals surface area contributed by atoms with Gasteiger partial charge in [-0.15, -0.1) is 10.2 Å². The van der Waals surface area contributed by atoms with Crippen LogP contribution in [0.2, 0.25) is 0 Å². The molecule has 0 radical (unpaired) electrons. The summed E-state index contributed by atoms with van der Waals surface area (Å²) in [7, 11) is 0. The minimum absolute atomic E-state index is 0.239. The first-order valence-electron chi connectivity index (χ1n) is 8.52. The predicted octanol–water partition coefficient (Wildman–Crippen LogP) is 2.03. The summed E-state index contributed by atoms with van der Waals surface area (Å²) in [6, 6.07) is 2.25. The van der Waals surface area contributed by atoms with E-state index in [9.17, 15) is 0 Å². The lowest BCUT2D eigenvalue weighted by Gasteiger charge is -2.26. The van der Waals surface area contributed by atoms with Crippen molar-refractivity contribution < 1.29 is 0 Å². The summed E-state index contributed by atoms with van der Waals surface area (Å²) in [5.41, 5.74) is 6.74. The van der Waals surface area contributed by atoms with Gasteiger partial charge in [0, 0.05) is 31.3 Å². The molecule has 23 heavy (non-hydrogen) atoms. The molecule has 0 saturated carbocycles. The fraction of sp³-hybridized carbons (Fsp3) is 0.625. The van der Waals surface area contributed by atoms with Gasteiger partial charge < -0.3 is 15.2 Å². The normalized spacial score (nSPS) is 21.3. The Balaban J connectivity index is 1.69. The summed E-state index contributed by atoms with van der Waals surface area (Å²) in [5.74, 6) is 3.48. The molecule has 122 valence electrons. The lowest BCUT2D eigenvalue weighted by Crippen LogP contribution is -2.27. The number of aryl methyl sites for hydroxylation is 2. The monoisotopic (exact) mass is 313 g/mol. The molecule has 0 spiro atoms. The molecule has 2 N–H and O–H groups in total. The maximum atomic E-state index is 5.84. The molecule has 2 aromatic rings. The van der Waals surface area contributed by atoms with Gasteiger partial charge in [0.15, 0.2) is 5.82 Å². The smallest absolute Gasteiger partial charge is 0.222 e. The number of fused-ring (bicyclic) bond motifs is 1. The summed E-state index contributed by atoms with van der Waals surface area (Å²) in [5, 5.41) is 8.99. The highest BCUT2D eigenvalue weighted by atomic mass is 15.3.